The van der Waals surface area contributed by atoms with E-state index in [9.17, 15) is 4.79 Å². The number of hydrogen-bond acceptors (Lipinski definition) is 6. The molecule has 1 amide bonds. The van der Waals surface area contributed by atoms with E-state index in [1.807, 2.05) is 12.1 Å². The van der Waals surface area contributed by atoms with E-state index < -0.39 is 0 Å². The SMILES string of the molecule is Cc1ccccc1CSc1nc(N)cc(NCC(=O)NC2CC2)n1. The van der Waals surface area contributed by atoms with E-state index in [1.165, 1.54) is 22.9 Å². The molecule has 0 aliphatic heterocycles. The number of hydrogen-bond donors (Lipinski definition) is 3. The number of nitrogens with zero attached hydrogens (tertiary/aromatic N) is 2. The zero-order chi connectivity index (χ0) is 16.9. The molecular formula is C17H21N5OS. The average molecular weight is 343 g/mol. The number of aromatic nitrogens is 2. The van der Waals surface area contributed by atoms with Crippen molar-refractivity contribution < 1.29 is 4.79 Å². The molecule has 1 aliphatic carbocycles. The van der Waals surface area contributed by atoms with Gasteiger partial charge in [-0.15, -0.1) is 0 Å². The molecule has 1 heterocycles. The number of amides is 1. The van der Waals surface area contributed by atoms with Crippen molar-refractivity contribution >= 4 is 29.3 Å². The molecule has 1 aromatic carbocycles. The first-order valence-corrected chi connectivity index (χ1v) is 8.94. The summed E-state index contributed by atoms with van der Waals surface area (Å²) >= 11 is 1.53. The summed E-state index contributed by atoms with van der Waals surface area (Å²) in [6.07, 6.45) is 2.15. The molecule has 2 aromatic rings. The van der Waals surface area contributed by atoms with Crippen LogP contribution in [-0.2, 0) is 10.5 Å². The number of benzene rings is 1. The molecule has 0 bridgehead atoms. The highest BCUT2D eigenvalue weighted by Gasteiger charge is 2.22. The van der Waals surface area contributed by atoms with Crippen LogP contribution in [0.1, 0.15) is 24.0 Å². The third-order valence-electron chi connectivity index (χ3n) is 3.72. The molecule has 0 unspecified atom stereocenters. The summed E-state index contributed by atoms with van der Waals surface area (Å²) in [4.78, 5) is 20.4. The molecule has 1 fully saturated rings. The quantitative estimate of drug-likeness (QED) is 0.528. The van der Waals surface area contributed by atoms with Crippen LogP contribution in [0, 0.1) is 6.92 Å². The zero-order valence-electron chi connectivity index (χ0n) is 13.6. The molecule has 0 saturated heterocycles. The van der Waals surface area contributed by atoms with Crippen molar-refractivity contribution in [2.45, 2.75) is 36.7 Å². The summed E-state index contributed by atoms with van der Waals surface area (Å²) < 4.78 is 0. The van der Waals surface area contributed by atoms with Gasteiger partial charge in [0.25, 0.3) is 0 Å². The van der Waals surface area contributed by atoms with Crippen LogP contribution >= 0.6 is 11.8 Å². The second-order valence-corrected chi connectivity index (χ2v) is 6.81. The number of carbonyl (C=O) groups excluding carboxylic acids is 1. The first kappa shape index (κ1) is 16.6. The molecule has 1 saturated carbocycles. The van der Waals surface area contributed by atoms with Crippen molar-refractivity contribution in [2.75, 3.05) is 17.6 Å². The Kier molecular flexibility index (Phi) is 5.20. The number of nitrogens with one attached hydrogen (secondary N) is 2. The summed E-state index contributed by atoms with van der Waals surface area (Å²) in [5.41, 5.74) is 8.33. The standard InChI is InChI=1S/C17H21N5OS/c1-11-4-2-3-5-12(11)10-24-17-21-14(18)8-15(22-17)19-9-16(23)20-13-6-7-13/h2-5,8,13H,6-7,9-10H2,1H3,(H,20,23)(H3,18,19,21,22). The van der Waals surface area contributed by atoms with Crippen molar-refractivity contribution in [1.82, 2.24) is 15.3 Å². The van der Waals surface area contributed by atoms with Crippen LogP contribution in [0.15, 0.2) is 35.5 Å². The Morgan fingerprint density at radius 3 is 2.88 bits per heavy atom. The van der Waals surface area contributed by atoms with Gasteiger partial charge in [-0.25, -0.2) is 9.97 Å². The predicted molar refractivity (Wildman–Crippen MR) is 96.8 cm³/mol. The monoisotopic (exact) mass is 343 g/mol. The Bertz CT molecular complexity index is 733. The number of nitrogens with two attached hydrogens (primary N) is 1. The molecular weight excluding hydrogens is 322 g/mol. The molecule has 6 nitrogen and oxygen atoms in total. The number of carbonyl (C=O) groups is 1. The van der Waals surface area contributed by atoms with Crippen LogP contribution in [0.3, 0.4) is 0 Å². The van der Waals surface area contributed by atoms with Crippen molar-refractivity contribution in [3.8, 4) is 0 Å². The van der Waals surface area contributed by atoms with Gasteiger partial charge in [0.2, 0.25) is 5.91 Å². The van der Waals surface area contributed by atoms with Crippen molar-refractivity contribution in [3.63, 3.8) is 0 Å². The molecule has 0 atom stereocenters. The lowest BCUT2D eigenvalue weighted by molar-refractivity contribution is -0.119. The normalized spacial score (nSPS) is 13.5. The van der Waals surface area contributed by atoms with Crippen molar-refractivity contribution in [2.24, 2.45) is 0 Å². The van der Waals surface area contributed by atoms with Crippen LogP contribution in [0.5, 0.6) is 0 Å². The largest absolute Gasteiger partial charge is 0.383 e. The molecule has 1 aromatic heterocycles. The van der Waals surface area contributed by atoms with Gasteiger partial charge in [-0.05, 0) is 30.9 Å². The summed E-state index contributed by atoms with van der Waals surface area (Å²) in [5.74, 6) is 1.71. The minimum absolute atomic E-state index is 0.0243. The van der Waals surface area contributed by atoms with Crippen LogP contribution in [0.2, 0.25) is 0 Å². The van der Waals surface area contributed by atoms with Gasteiger partial charge in [-0.2, -0.15) is 0 Å². The Morgan fingerprint density at radius 1 is 1.33 bits per heavy atom. The lowest BCUT2D eigenvalue weighted by Crippen LogP contribution is -2.31. The number of anilines is 2. The van der Waals surface area contributed by atoms with Crippen LogP contribution < -0.4 is 16.4 Å². The maximum atomic E-state index is 11.7. The summed E-state index contributed by atoms with van der Waals surface area (Å²) in [5, 5.41) is 6.54. The molecule has 7 heteroatoms. The lowest BCUT2D eigenvalue weighted by atomic mass is 10.1. The molecule has 0 spiro atoms. The van der Waals surface area contributed by atoms with Gasteiger partial charge in [-0.1, -0.05) is 36.0 Å². The van der Waals surface area contributed by atoms with E-state index in [1.54, 1.807) is 6.07 Å². The number of nitrogen functional groups attached to an aromatic ring is 1. The summed E-state index contributed by atoms with van der Waals surface area (Å²) in [6, 6.07) is 10.2. The Morgan fingerprint density at radius 2 is 2.12 bits per heavy atom. The molecule has 1 aliphatic rings. The molecule has 126 valence electrons. The first-order valence-electron chi connectivity index (χ1n) is 7.95. The fraction of sp³-hybridized carbons (Fsp3) is 0.353. The lowest BCUT2D eigenvalue weighted by Gasteiger charge is -2.09. The smallest absolute Gasteiger partial charge is 0.239 e. The molecule has 0 radical (unpaired) electrons. The highest BCUT2D eigenvalue weighted by molar-refractivity contribution is 7.98. The third kappa shape index (κ3) is 4.86. The van der Waals surface area contributed by atoms with E-state index >= 15 is 0 Å². The van der Waals surface area contributed by atoms with Crippen LogP contribution in [0.25, 0.3) is 0 Å². The maximum Gasteiger partial charge on any atom is 0.239 e. The minimum atomic E-state index is -0.0243. The number of thioether (sulfide) groups is 1. The van der Waals surface area contributed by atoms with Gasteiger partial charge < -0.3 is 16.4 Å². The molecule has 4 N–H and O–H groups in total. The fourth-order valence-electron chi connectivity index (χ4n) is 2.19. The zero-order valence-corrected chi connectivity index (χ0v) is 14.4. The average Bonchev–Trinajstić information content (AvgIpc) is 3.36. The van der Waals surface area contributed by atoms with E-state index in [2.05, 4.69) is 39.7 Å². The van der Waals surface area contributed by atoms with E-state index in [-0.39, 0.29) is 12.5 Å². The van der Waals surface area contributed by atoms with Gasteiger partial charge in [0.05, 0.1) is 6.54 Å². The topological polar surface area (TPSA) is 92.9 Å². The Hall–Kier alpha value is -2.28. The summed E-state index contributed by atoms with van der Waals surface area (Å²) in [7, 11) is 0. The minimum Gasteiger partial charge on any atom is -0.383 e. The fourth-order valence-corrected chi connectivity index (χ4v) is 3.13. The van der Waals surface area contributed by atoms with Gasteiger partial charge in [0, 0.05) is 17.9 Å². The van der Waals surface area contributed by atoms with Crippen LogP contribution in [0.4, 0.5) is 11.6 Å². The second kappa shape index (κ2) is 7.53. The van der Waals surface area contributed by atoms with Gasteiger partial charge >= 0.3 is 0 Å². The van der Waals surface area contributed by atoms with E-state index in [4.69, 9.17) is 5.73 Å². The number of aryl methyl sites for hydroxylation is 1. The van der Waals surface area contributed by atoms with Crippen molar-refractivity contribution in [3.05, 3.63) is 41.5 Å². The molecule has 3 rings (SSSR count). The van der Waals surface area contributed by atoms with E-state index in [0.717, 1.165) is 18.6 Å². The van der Waals surface area contributed by atoms with Gasteiger partial charge in [0.15, 0.2) is 5.16 Å². The first-order chi connectivity index (χ1) is 11.6. The van der Waals surface area contributed by atoms with Crippen molar-refractivity contribution in [1.29, 1.82) is 0 Å². The third-order valence-corrected chi connectivity index (χ3v) is 4.61. The Labute approximate surface area is 145 Å². The highest BCUT2D eigenvalue weighted by atomic mass is 32.2. The Balaban J connectivity index is 1.58. The summed E-state index contributed by atoms with van der Waals surface area (Å²) in [6.45, 7) is 2.27. The maximum absolute atomic E-state index is 11.7. The highest BCUT2D eigenvalue weighted by Crippen LogP contribution is 2.23. The molecule has 24 heavy (non-hydrogen) atoms. The number of rotatable bonds is 7. The van der Waals surface area contributed by atoms with Gasteiger partial charge in [-0.3, -0.25) is 4.79 Å². The van der Waals surface area contributed by atoms with Crippen LogP contribution in [-0.4, -0.2) is 28.5 Å². The second-order valence-electron chi connectivity index (χ2n) is 5.87. The van der Waals surface area contributed by atoms with Gasteiger partial charge in [0.1, 0.15) is 11.6 Å². The predicted octanol–water partition coefficient (Wildman–Crippen LogP) is 2.35. The van der Waals surface area contributed by atoms with E-state index in [0.29, 0.717) is 22.8 Å².